The minimum Gasteiger partial charge on any atom is -0.483 e. The number of aliphatic hydroxyl groups excluding tert-OH is 1. The quantitative estimate of drug-likeness (QED) is 0.0617. The van der Waals surface area contributed by atoms with Crippen molar-refractivity contribution in [3.05, 3.63) is 113 Å². The Morgan fingerprint density at radius 3 is 2.39 bits per heavy atom. The molecular formula is C57H75ClN8O7S. The van der Waals surface area contributed by atoms with E-state index in [-0.39, 0.29) is 46.0 Å². The first-order chi connectivity index (χ1) is 35.7. The number of piperidine rings is 2. The zero-order valence-electron chi connectivity index (χ0n) is 44.4. The second kappa shape index (κ2) is 27.8. The van der Waals surface area contributed by atoms with Gasteiger partial charge in [0.05, 0.1) is 4.88 Å². The number of aldehydes is 2. The van der Waals surface area contributed by atoms with Crippen LogP contribution in [0.25, 0.3) is 21.2 Å². The number of fused-ring (bicyclic) bond motifs is 2. The van der Waals surface area contributed by atoms with Gasteiger partial charge in [-0.25, -0.2) is 14.8 Å². The number of carbonyl (C=O) groups is 4. The highest BCUT2D eigenvalue weighted by atomic mass is 35.5. The molecule has 0 saturated carbocycles. The van der Waals surface area contributed by atoms with Gasteiger partial charge in [0.15, 0.2) is 23.2 Å². The maximum Gasteiger partial charge on any atom is 0.349 e. The van der Waals surface area contributed by atoms with Crippen LogP contribution in [0.1, 0.15) is 111 Å². The van der Waals surface area contributed by atoms with Gasteiger partial charge >= 0.3 is 5.97 Å². The summed E-state index contributed by atoms with van der Waals surface area (Å²) < 4.78 is 5.27. The smallest absolute Gasteiger partial charge is 0.349 e. The molecular weight excluding hydrogens is 976 g/mol. The number of benzene rings is 3. The Hall–Kier alpha value is -6.33. The zero-order chi connectivity index (χ0) is 54.1. The standard InChI is InChI=1S/C33H40N6O2.C21H25ClN2O4S.C2H6.CH4O/c1-5-7-11-29(32(41)34-3)37(4)28-13-12-26(27-10-8-9-24(22-40)31(27)28)23-14-18-38(19-15-23)30-17-21-39-20-16-25(6-2)35-33(39)36-30;1-21(2)12-15(7-8-24(21)3)23-14-6-4-5-13(11-14)18-16(22)17(28-10-9-25)19(29-18)20(26)27;2*1-2/h5,8-10,12-13,16-17,20-23,29,33H,1,6-7,11,14-15,18-19H2,2-4H3,(H,34,41);4-6,9,11,15,23H,7-8,10,12H2,1-3H3,(H,26,27);1-2H3;2H,1H3. The summed E-state index contributed by atoms with van der Waals surface area (Å²) in [5.41, 5.74) is 5.76. The van der Waals surface area contributed by atoms with Crippen LogP contribution in [0, 0.1) is 0 Å². The third kappa shape index (κ3) is 13.9. The van der Waals surface area contributed by atoms with E-state index < -0.39 is 5.97 Å². The number of carboxylic acids is 1. The van der Waals surface area contributed by atoms with Crippen molar-refractivity contribution >= 4 is 81.1 Å². The van der Waals surface area contributed by atoms with Crippen molar-refractivity contribution in [1.29, 1.82) is 0 Å². The van der Waals surface area contributed by atoms with E-state index in [0.717, 1.165) is 122 Å². The van der Waals surface area contributed by atoms with Gasteiger partial charge in [0.25, 0.3) is 0 Å². The maximum absolute atomic E-state index is 12.8. The first kappa shape index (κ1) is 58.6. The third-order valence-corrected chi connectivity index (χ3v) is 15.6. The van der Waals surface area contributed by atoms with Crippen molar-refractivity contribution < 1.29 is 34.1 Å². The van der Waals surface area contributed by atoms with Gasteiger partial charge in [0.1, 0.15) is 23.5 Å². The zero-order valence-corrected chi connectivity index (χ0v) is 46.0. The number of amidine groups is 1. The molecule has 8 rings (SSSR count). The number of amides is 1. The van der Waals surface area contributed by atoms with Crippen LogP contribution in [0.15, 0.2) is 102 Å². The first-order valence-corrected chi connectivity index (χ1v) is 26.7. The molecule has 3 aromatic carbocycles. The van der Waals surface area contributed by atoms with E-state index in [4.69, 9.17) is 31.4 Å². The highest BCUT2D eigenvalue weighted by molar-refractivity contribution is 7.18. The number of likely N-dealkylation sites (tertiary alicyclic amines) is 2. The van der Waals surface area contributed by atoms with Crippen LogP contribution in [0.3, 0.4) is 0 Å². The number of hydrogen-bond acceptors (Lipinski definition) is 14. The van der Waals surface area contributed by atoms with E-state index in [0.29, 0.717) is 35.1 Å². The molecule has 0 spiro atoms. The van der Waals surface area contributed by atoms with Gasteiger partial charge in [-0.3, -0.25) is 14.4 Å². The normalized spacial score (nSPS) is 18.3. The molecule has 0 radical (unpaired) electrons. The number of aromatic carboxylic acids is 1. The average Bonchev–Trinajstić information content (AvgIpc) is 3.77. The van der Waals surface area contributed by atoms with Crippen LogP contribution < -0.4 is 20.3 Å². The number of halogens is 1. The Kier molecular flexibility index (Phi) is 22.0. The fourth-order valence-corrected chi connectivity index (χ4v) is 11.1. The molecule has 0 aliphatic carbocycles. The molecule has 17 heteroatoms. The number of thiophene rings is 1. The summed E-state index contributed by atoms with van der Waals surface area (Å²) >= 11 is 7.47. The number of aliphatic imine (C=N–C) groups is 2. The number of allylic oxidation sites excluding steroid dienone is 2. The summed E-state index contributed by atoms with van der Waals surface area (Å²) in [6.07, 6.45) is 17.7. The predicted molar refractivity (Wildman–Crippen MR) is 304 cm³/mol. The molecule has 74 heavy (non-hydrogen) atoms. The van der Waals surface area contributed by atoms with Crippen LogP contribution >= 0.6 is 22.9 Å². The lowest BCUT2D eigenvalue weighted by atomic mass is 9.85. The Bertz CT molecular complexity index is 2710. The van der Waals surface area contributed by atoms with E-state index >= 15 is 0 Å². The molecule has 0 bridgehead atoms. The largest absolute Gasteiger partial charge is 0.483 e. The molecule has 15 nitrogen and oxygen atoms in total. The molecule has 4 aliphatic heterocycles. The highest BCUT2D eigenvalue weighted by Crippen LogP contribution is 2.46. The Morgan fingerprint density at radius 1 is 1.03 bits per heavy atom. The molecule has 4 aromatic rings. The van der Waals surface area contributed by atoms with E-state index in [2.05, 4.69) is 97.6 Å². The number of carboxylic acid groups (broad SMARTS) is 1. The lowest BCUT2D eigenvalue weighted by Gasteiger charge is -2.44. The van der Waals surface area contributed by atoms with Gasteiger partial charge in [0, 0.05) is 92.9 Å². The van der Waals surface area contributed by atoms with Crippen molar-refractivity contribution in [2.24, 2.45) is 9.98 Å². The van der Waals surface area contributed by atoms with E-state index in [1.807, 2.05) is 73.2 Å². The van der Waals surface area contributed by atoms with Gasteiger partial charge in [-0.1, -0.05) is 74.8 Å². The fraction of sp³-hybridized carbons (Fsp3) is 0.439. The van der Waals surface area contributed by atoms with Crippen LogP contribution in [-0.4, -0.2) is 139 Å². The van der Waals surface area contributed by atoms with E-state index in [9.17, 15) is 24.3 Å². The number of aliphatic hydroxyl groups is 1. The summed E-state index contributed by atoms with van der Waals surface area (Å²) in [7, 11) is 6.75. The SMILES string of the molecule is C=CCCC(C(=O)NC)N(C)c1ccc(C2CCN(C3=NC4N=C(CC)C=CN4C=C3)CC2)c2cccc(C=O)c12.CC.CN1CCC(Nc2cccc(-c3sc(C(=O)O)c(OCC=O)c3Cl)c2)CC1(C)C.CO. The number of anilines is 2. The highest BCUT2D eigenvalue weighted by Gasteiger charge is 2.33. The van der Waals surface area contributed by atoms with Crippen LogP contribution in [0.2, 0.25) is 5.02 Å². The summed E-state index contributed by atoms with van der Waals surface area (Å²) in [6, 6.07) is 18.0. The van der Waals surface area contributed by atoms with Gasteiger partial charge in [-0.2, -0.15) is 0 Å². The maximum atomic E-state index is 12.8. The molecule has 5 heterocycles. The van der Waals surface area contributed by atoms with Crippen LogP contribution in [-0.2, 0) is 9.59 Å². The second-order valence-electron chi connectivity index (χ2n) is 18.7. The minimum absolute atomic E-state index is 0.0118. The summed E-state index contributed by atoms with van der Waals surface area (Å²) in [6.45, 7) is 17.0. The molecule has 2 saturated heterocycles. The van der Waals surface area contributed by atoms with Crippen LogP contribution in [0.5, 0.6) is 5.75 Å². The third-order valence-electron chi connectivity index (χ3n) is 13.9. The molecule has 3 atom stereocenters. The number of nitrogens with zero attached hydrogens (tertiary/aromatic N) is 6. The van der Waals surface area contributed by atoms with Crippen molar-refractivity contribution in [2.75, 3.05) is 64.7 Å². The molecule has 4 aliphatic rings. The molecule has 1 aromatic heterocycles. The molecule has 3 unspecified atom stereocenters. The Morgan fingerprint density at radius 2 is 1.74 bits per heavy atom. The van der Waals surface area contributed by atoms with Gasteiger partial charge < -0.3 is 45.2 Å². The van der Waals surface area contributed by atoms with Gasteiger partial charge in [-0.05, 0) is 119 Å². The lowest BCUT2D eigenvalue weighted by Crippen LogP contribution is -2.50. The molecule has 4 N–H and O–H groups in total. The second-order valence-corrected chi connectivity index (χ2v) is 20.0. The number of rotatable bonds is 16. The van der Waals surface area contributed by atoms with Gasteiger partial charge in [0.2, 0.25) is 12.2 Å². The lowest BCUT2D eigenvalue weighted by molar-refractivity contribution is -0.122. The summed E-state index contributed by atoms with van der Waals surface area (Å²) in [5.74, 6) is 0.210. The topological polar surface area (TPSA) is 180 Å². The van der Waals surface area contributed by atoms with Crippen molar-refractivity contribution in [3.8, 4) is 16.2 Å². The van der Waals surface area contributed by atoms with Crippen molar-refractivity contribution in [2.45, 2.75) is 109 Å². The minimum atomic E-state index is -1.13. The summed E-state index contributed by atoms with van der Waals surface area (Å²) in [4.78, 5) is 66.3. The molecule has 2 fully saturated rings. The monoisotopic (exact) mass is 1050 g/mol. The number of likely N-dealkylation sites (N-methyl/N-ethyl adjacent to an activating group) is 2. The fourth-order valence-electron chi connectivity index (χ4n) is 9.75. The average molecular weight is 1050 g/mol. The van der Waals surface area contributed by atoms with E-state index in [1.54, 1.807) is 7.05 Å². The van der Waals surface area contributed by atoms with Crippen LogP contribution in [0.4, 0.5) is 11.4 Å². The molecule has 1 amide bonds. The number of nitrogens with one attached hydrogen (secondary N) is 2. The molecule has 398 valence electrons. The van der Waals surface area contributed by atoms with Gasteiger partial charge in [-0.15, -0.1) is 17.9 Å². The van der Waals surface area contributed by atoms with Crippen molar-refractivity contribution in [1.82, 2.24) is 20.0 Å². The van der Waals surface area contributed by atoms with Crippen molar-refractivity contribution in [3.63, 3.8) is 0 Å². The number of carbonyl (C=O) groups excluding carboxylic acids is 3. The Labute approximate surface area is 446 Å². The first-order valence-electron chi connectivity index (χ1n) is 25.5. The number of hydrogen-bond donors (Lipinski definition) is 4. The number of ether oxygens (including phenoxy) is 1. The predicted octanol–water partition coefficient (Wildman–Crippen LogP) is 10.5. The van der Waals surface area contributed by atoms with E-state index in [1.165, 1.54) is 5.56 Å². The Balaban J connectivity index is 0.000000270. The summed E-state index contributed by atoms with van der Waals surface area (Å²) in [5, 5.41) is 25.1.